The van der Waals surface area contributed by atoms with Gasteiger partial charge in [0.15, 0.2) is 0 Å². The summed E-state index contributed by atoms with van der Waals surface area (Å²) in [5.74, 6) is -0.381. The molecular formula is C12H15BrN2O3S. The lowest BCUT2D eigenvalue weighted by Gasteiger charge is -2.21. The molecule has 1 rings (SSSR count). The first kappa shape index (κ1) is 15.7. The van der Waals surface area contributed by atoms with Crippen molar-refractivity contribution >= 4 is 37.5 Å². The van der Waals surface area contributed by atoms with Crippen molar-refractivity contribution in [1.82, 2.24) is 5.32 Å². The Morgan fingerprint density at radius 1 is 1.42 bits per heavy atom. The van der Waals surface area contributed by atoms with Crippen molar-refractivity contribution in [3.05, 3.63) is 41.4 Å². The summed E-state index contributed by atoms with van der Waals surface area (Å²) in [6.07, 6.45) is 2.60. The Balaban J connectivity index is 2.94. The van der Waals surface area contributed by atoms with E-state index in [0.29, 0.717) is 12.2 Å². The smallest absolute Gasteiger partial charge is 0.241 e. The Bertz CT molecular complexity index is 555. The van der Waals surface area contributed by atoms with E-state index in [2.05, 4.69) is 27.8 Å². The number of sulfonamides is 1. The predicted octanol–water partition coefficient (Wildman–Crippen LogP) is 1.52. The highest BCUT2D eigenvalue weighted by Gasteiger charge is 2.20. The minimum absolute atomic E-state index is 0.256. The molecule has 19 heavy (non-hydrogen) atoms. The molecule has 1 amide bonds. The summed E-state index contributed by atoms with van der Waals surface area (Å²) >= 11 is 3.27. The first-order valence-corrected chi connectivity index (χ1v) is 8.09. The summed E-state index contributed by atoms with van der Waals surface area (Å²) in [6, 6.07) is 6.70. The van der Waals surface area contributed by atoms with Gasteiger partial charge in [-0.3, -0.25) is 9.10 Å². The molecule has 0 saturated heterocycles. The Hall–Kier alpha value is -1.34. The van der Waals surface area contributed by atoms with E-state index in [4.69, 9.17) is 0 Å². The molecule has 0 aliphatic heterocycles. The lowest BCUT2D eigenvalue weighted by atomic mass is 10.3. The summed E-state index contributed by atoms with van der Waals surface area (Å²) in [5.41, 5.74) is 0.444. The maximum Gasteiger partial charge on any atom is 0.241 e. The number of carbonyl (C=O) groups excluding carboxylic acids is 1. The second kappa shape index (κ2) is 6.72. The highest BCUT2D eigenvalue weighted by molar-refractivity contribution is 9.10. The Kier molecular flexibility index (Phi) is 5.56. The standard InChI is InChI=1S/C12H15BrN2O3S/c1-3-8-14-12(16)9-15(19(2,17)18)11-6-4-10(13)5-7-11/h3-7H,1,8-9H2,2H3,(H,14,16). The molecule has 0 fully saturated rings. The van der Waals surface area contributed by atoms with Crippen LogP contribution in [0.25, 0.3) is 0 Å². The van der Waals surface area contributed by atoms with Gasteiger partial charge in [-0.2, -0.15) is 0 Å². The van der Waals surface area contributed by atoms with Crippen LogP contribution in [0.1, 0.15) is 0 Å². The molecule has 0 aliphatic rings. The monoisotopic (exact) mass is 346 g/mol. The molecule has 0 heterocycles. The highest BCUT2D eigenvalue weighted by Crippen LogP contribution is 2.20. The molecule has 7 heteroatoms. The summed E-state index contributed by atoms with van der Waals surface area (Å²) in [4.78, 5) is 11.6. The van der Waals surface area contributed by atoms with E-state index in [1.807, 2.05) is 0 Å². The first-order chi connectivity index (χ1) is 8.84. The van der Waals surface area contributed by atoms with Crippen molar-refractivity contribution in [3.63, 3.8) is 0 Å². The van der Waals surface area contributed by atoms with Gasteiger partial charge in [-0.15, -0.1) is 6.58 Å². The van der Waals surface area contributed by atoms with Crippen LogP contribution in [0, 0.1) is 0 Å². The minimum atomic E-state index is -3.52. The van der Waals surface area contributed by atoms with Crippen LogP contribution >= 0.6 is 15.9 Å². The summed E-state index contributed by atoms with van der Waals surface area (Å²) in [7, 11) is -3.52. The van der Waals surface area contributed by atoms with Gasteiger partial charge in [0.05, 0.1) is 11.9 Å². The fourth-order valence-electron chi connectivity index (χ4n) is 1.38. The van der Waals surface area contributed by atoms with Gasteiger partial charge in [0, 0.05) is 11.0 Å². The van der Waals surface area contributed by atoms with Crippen molar-refractivity contribution in [3.8, 4) is 0 Å². The minimum Gasteiger partial charge on any atom is -0.351 e. The van der Waals surface area contributed by atoms with Crippen LogP contribution in [0.4, 0.5) is 5.69 Å². The molecule has 0 saturated carbocycles. The van der Waals surface area contributed by atoms with E-state index in [0.717, 1.165) is 15.0 Å². The zero-order chi connectivity index (χ0) is 14.5. The molecule has 0 atom stereocenters. The molecule has 0 aliphatic carbocycles. The fourth-order valence-corrected chi connectivity index (χ4v) is 2.50. The molecule has 5 nitrogen and oxygen atoms in total. The molecule has 0 radical (unpaired) electrons. The second-order valence-corrected chi connectivity index (χ2v) is 6.66. The van der Waals surface area contributed by atoms with Crippen molar-refractivity contribution in [2.24, 2.45) is 0 Å². The number of nitrogens with zero attached hydrogens (tertiary/aromatic N) is 1. The SMILES string of the molecule is C=CCNC(=O)CN(c1ccc(Br)cc1)S(C)(=O)=O. The van der Waals surface area contributed by atoms with E-state index in [9.17, 15) is 13.2 Å². The summed E-state index contributed by atoms with van der Waals surface area (Å²) in [5, 5.41) is 2.54. The lowest BCUT2D eigenvalue weighted by Crippen LogP contribution is -2.40. The van der Waals surface area contributed by atoms with Gasteiger partial charge in [-0.05, 0) is 24.3 Å². The number of hydrogen-bond donors (Lipinski definition) is 1. The molecule has 0 bridgehead atoms. The average molecular weight is 347 g/mol. The number of hydrogen-bond acceptors (Lipinski definition) is 3. The van der Waals surface area contributed by atoms with Crippen LogP contribution < -0.4 is 9.62 Å². The fraction of sp³-hybridized carbons (Fsp3) is 0.250. The average Bonchev–Trinajstić information content (AvgIpc) is 2.33. The quantitative estimate of drug-likeness (QED) is 0.794. The van der Waals surface area contributed by atoms with Crippen molar-refractivity contribution in [1.29, 1.82) is 0 Å². The molecular weight excluding hydrogens is 332 g/mol. The Morgan fingerprint density at radius 2 is 2.00 bits per heavy atom. The van der Waals surface area contributed by atoms with E-state index in [1.165, 1.54) is 6.08 Å². The number of amides is 1. The van der Waals surface area contributed by atoms with Gasteiger partial charge in [0.2, 0.25) is 15.9 Å². The van der Waals surface area contributed by atoms with Crippen molar-refractivity contribution in [2.45, 2.75) is 0 Å². The van der Waals surface area contributed by atoms with E-state index >= 15 is 0 Å². The molecule has 1 N–H and O–H groups in total. The van der Waals surface area contributed by atoms with E-state index in [-0.39, 0.29) is 12.5 Å². The number of rotatable bonds is 6. The van der Waals surface area contributed by atoms with Gasteiger partial charge in [0.25, 0.3) is 0 Å². The third kappa shape index (κ3) is 5.04. The lowest BCUT2D eigenvalue weighted by molar-refractivity contribution is -0.119. The summed E-state index contributed by atoms with van der Waals surface area (Å²) < 4.78 is 25.4. The van der Waals surface area contributed by atoms with Crippen LogP contribution in [0.3, 0.4) is 0 Å². The van der Waals surface area contributed by atoms with E-state index < -0.39 is 10.0 Å². The van der Waals surface area contributed by atoms with Crippen LogP contribution in [0.2, 0.25) is 0 Å². The molecule has 1 aromatic carbocycles. The highest BCUT2D eigenvalue weighted by atomic mass is 79.9. The Labute approximate surface area is 121 Å². The van der Waals surface area contributed by atoms with Gasteiger partial charge in [-0.1, -0.05) is 22.0 Å². The summed E-state index contributed by atoms with van der Waals surface area (Å²) in [6.45, 7) is 3.52. The predicted molar refractivity (Wildman–Crippen MR) is 79.5 cm³/mol. The molecule has 0 spiro atoms. The maximum atomic E-state index is 11.7. The molecule has 1 aromatic rings. The second-order valence-electron chi connectivity index (χ2n) is 3.84. The largest absolute Gasteiger partial charge is 0.351 e. The van der Waals surface area contributed by atoms with Gasteiger partial charge >= 0.3 is 0 Å². The van der Waals surface area contributed by atoms with E-state index in [1.54, 1.807) is 24.3 Å². The van der Waals surface area contributed by atoms with Crippen molar-refractivity contribution in [2.75, 3.05) is 23.7 Å². The molecule has 0 aromatic heterocycles. The topological polar surface area (TPSA) is 66.5 Å². The zero-order valence-corrected chi connectivity index (χ0v) is 12.9. The number of nitrogens with one attached hydrogen (secondary N) is 1. The van der Waals surface area contributed by atoms with Gasteiger partial charge < -0.3 is 5.32 Å². The third-order valence-corrected chi connectivity index (χ3v) is 3.91. The molecule has 0 unspecified atom stereocenters. The third-order valence-electron chi connectivity index (χ3n) is 2.25. The van der Waals surface area contributed by atoms with Gasteiger partial charge in [0.1, 0.15) is 6.54 Å². The zero-order valence-electron chi connectivity index (χ0n) is 10.5. The van der Waals surface area contributed by atoms with Crippen LogP contribution in [-0.2, 0) is 14.8 Å². The normalized spacial score (nSPS) is 10.8. The van der Waals surface area contributed by atoms with Crippen LogP contribution in [-0.4, -0.2) is 33.7 Å². The number of anilines is 1. The van der Waals surface area contributed by atoms with Crippen molar-refractivity contribution < 1.29 is 13.2 Å². The Morgan fingerprint density at radius 3 is 2.47 bits per heavy atom. The molecule has 104 valence electrons. The maximum absolute atomic E-state index is 11.7. The van der Waals surface area contributed by atoms with Gasteiger partial charge in [-0.25, -0.2) is 8.42 Å². The number of halogens is 1. The van der Waals surface area contributed by atoms with Crippen LogP contribution in [0.15, 0.2) is 41.4 Å². The van der Waals surface area contributed by atoms with Crippen LogP contribution in [0.5, 0.6) is 0 Å². The number of carbonyl (C=O) groups is 1. The first-order valence-electron chi connectivity index (χ1n) is 5.45. The number of benzene rings is 1.